The molecule has 1 aliphatic carbocycles. The molecule has 0 aromatic heterocycles. The first kappa shape index (κ1) is 13.5. The molecule has 0 heterocycles. The summed E-state index contributed by atoms with van der Waals surface area (Å²) < 4.78 is 12.9. The highest BCUT2D eigenvalue weighted by Crippen LogP contribution is 2.35. The van der Waals surface area contributed by atoms with Crippen molar-refractivity contribution in [2.24, 2.45) is 0 Å². The summed E-state index contributed by atoms with van der Waals surface area (Å²) in [7, 11) is 0. The minimum absolute atomic E-state index is 0.171. The van der Waals surface area contributed by atoms with Crippen molar-refractivity contribution in [3.8, 4) is 0 Å². The van der Waals surface area contributed by atoms with E-state index in [-0.39, 0.29) is 12.4 Å². The number of hydrogen-bond acceptors (Lipinski definition) is 2. The molecule has 3 atom stereocenters. The van der Waals surface area contributed by atoms with Gasteiger partial charge in [0.05, 0.1) is 0 Å². The van der Waals surface area contributed by atoms with Gasteiger partial charge >= 0.3 is 0 Å². The molecule has 2 nitrogen and oxygen atoms in total. The highest BCUT2D eigenvalue weighted by molar-refractivity contribution is 5.23. The smallest absolute Gasteiger partial charge is 0.123 e. The van der Waals surface area contributed by atoms with Gasteiger partial charge in [0.25, 0.3) is 0 Å². The molecule has 0 radical (unpaired) electrons. The monoisotopic (exact) mass is 251 g/mol. The van der Waals surface area contributed by atoms with Crippen LogP contribution in [0.4, 0.5) is 4.39 Å². The van der Waals surface area contributed by atoms with E-state index in [1.807, 2.05) is 12.1 Å². The molecule has 3 heteroatoms. The maximum Gasteiger partial charge on any atom is 0.123 e. The fourth-order valence-electron chi connectivity index (χ4n) is 2.91. The predicted octanol–water partition coefficient (Wildman–Crippen LogP) is 2.82. The van der Waals surface area contributed by atoms with Crippen molar-refractivity contribution in [2.45, 2.75) is 50.6 Å². The maximum atomic E-state index is 12.9. The normalized spacial score (nSPS) is 25.3. The average Bonchev–Trinajstić information content (AvgIpc) is 2.78. The zero-order chi connectivity index (χ0) is 13.0. The van der Waals surface area contributed by atoms with E-state index in [9.17, 15) is 4.39 Å². The van der Waals surface area contributed by atoms with E-state index in [1.165, 1.54) is 12.0 Å². The fraction of sp³-hybridized carbons (Fsp3) is 0.600. The molecule has 100 valence electrons. The van der Waals surface area contributed by atoms with Crippen LogP contribution in [-0.2, 0) is 0 Å². The van der Waals surface area contributed by atoms with Crippen molar-refractivity contribution < 1.29 is 9.50 Å². The third-order valence-electron chi connectivity index (χ3n) is 3.87. The Morgan fingerprint density at radius 3 is 2.72 bits per heavy atom. The third kappa shape index (κ3) is 3.30. The number of aliphatic hydroxyl groups excluding tert-OH is 1. The molecule has 0 spiro atoms. The Labute approximate surface area is 108 Å². The minimum atomic E-state index is -0.171. The van der Waals surface area contributed by atoms with E-state index in [4.69, 9.17) is 5.11 Å². The van der Waals surface area contributed by atoms with E-state index in [2.05, 4.69) is 12.2 Å². The van der Waals surface area contributed by atoms with Gasteiger partial charge in [0.1, 0.15) is 5.82 Å². The number of nitrogens with one attached hydrogen (secondary N) is 1. The van der Waals surface area contributed by atoms with Crippen molar-refractivity contribution in [1.29, 1.82) is 0 Å². The maximum absolute atomic E-state index is 12.9. The molecule has 1 aromatic carbocycles. The summed E-state index contributed by atoms with van der Waals surface area (Å²) in [6.07, 6.45) is 4.32. The van der Waals surface area contributed by atoms with E-state index < -0.39 is 0 Å². The SMILES string of the molecule is CC(CCO)NC1CCCC1c1ccc(F)cc1. The first-order valence-corrected chi connectivity index (χ1v) is 6.83. The van der Waals surface area contributed by atoms with Crippen molar-refractivity contribution in [3.05, 3.63) is 35.6 Å². The number of benzene rings is 1. The van der Waals surface area contributed by atoms with Crippen LogP contribution in [0.3, 0.4) is 0 Å². The third-order valence-corrected chi connectivity index (χ3v) is 3.87. The van der Waals surface area contributed by atoms with Gasteiger partial charge in [-0.25, -0.2) is 4.39 Å². The first-order valence-electron chi connectivity index (χ1n) is 6.83. The standard InChI is InChI=1S/C15H22FNO/c1-11(9-10-18)17-15-4-2-3-14(15)12-5-7-13(16)8-6-12/h5-8,11,14-15,17-18H,2-4,9-10H2,1H3. The molecular weight excluding hydrogens is 229 g/mol. The summed E-state index contributed by atoms with van der Waals surface area (Å²) in [5.41, 5.74) is 1.22. The lowest BCUT2D eigenvalue weighted by Crippen LogP contribution is -2.38. The Kier molecular flexibility index (Phi) is 4.72. The highest BCUT2D eigenvalue weighted by Gasteiger charge is 2.29. The lowest BCUT2D eigenvalue weighted by molar-refractivity contribution is 0.261. The van der Waals surface area contributed by atoms with Gasteiger partial charge in [0.15, 0.2) is 0 Å². The topological polar surface area (TPSA) is 32.3 Å². The van der Waals surface area contributed by atoms with Crippen LogP contribution in [0, 0.1) is 5.82 Å². The molecule has 1 aromatic rings. The van der Waals surface area contributed by atoms with Crippen LogP contribution >= 0.6 is 0 Å². The van der Waals surface area contributed by atoms with Gasteiger partial charge in [-0.2, -0.15) is 0 Å². The van der Waals surface area contributed by atoms with Crippen LogP contribution in [0.5, 0.6) is 0 Å². The summed E-state index contributed by atoms with van der Waals surface area (Å²) in [5, 5.41) is 12.5. The second kappa shape index (κ2) is 6.30. The Morgan fingerprint density at radius 2 is 2.06 bits per heavy atom. The molecule has 1 fully saturated rings. The van der Waals surface area contributed by atoms with Gasteiger partial charge < -0.3 is 10.4 Å². The van der Waals surface area contributed by atoms with Crippen molar-refractivity contribution in [1.82, 2.24) is 5.32 Å². The van der Waals surface area contributed by atoms with Crippen LogP contribution in [-0.4, -0.2) is 23.8 Å². The fourth-order valence-corrected chi connectivity index (χ4v) is 2.91. The van der Waals surface area contributed by atoms with Crippen LogP contribution in [0.25, 0.3) is 0 Å². The number of halogens is 1. The molecule has 2 rings (SSSR count). The van der Waals surface area contributed by atoms with E-state index in [0.717, 1.165) is 19.3 Å². The summed E-state index contributed by atoms with van der Waals surface area (Å²) in [4.78, 5) is 0. The molecule has 1 aliphatic rings. The molecule has 18 heavy (non-hydrogen) atoms. The molecule has 0 saturated heterocycles. The average molecular weight is 251 g/mol. The molecule has 0 amide bonds. The quantitative estimate of drug-likeness (QED) is 0.843. The molecule has 1 saturated carbocycles. The summed E-state index contributed by atoms with van der Waals surface area (Å²) >= 11 is 0. The van der Waals surface area contributed by atoms with Gasteiger partial charge in [-0.05, 0) is 49.8 Å². The van der Waals surface area contributed by atoms with E-state index in [1.54, 1.807) is 12.1 Å². The van der Waals surface area contributed by atoms with Crippen LogP contribution in [0.2, 0.25) is 0 Å². The summed E-state index contributed by atoms with van der Waals surface area (Å²) in [6.45, 7) is 2.33. The van der Waals surface area contributed by atoms with E-state index >= 15 is 0 Å². The van der Waals surface area contributed by atoms with Gasteiger partial charge in [-0.3, -0.25) is 0 Å². The Morgan fingerprint density at radius 1 is 1.33 bits per heavy atom. The zero-order valence-electron chi connectivity index (χ0n) is 10.9. The number of hydrogen-bond donors (Lipinski definition) is 2. The molecule has 0 bridgehead atoms. The summed E-state index contributed by atoms with van der Waals surface area (Å²) in [6, 6.07) is 7.68. The van der Waals surface area contributed by atoms with Crippen LogP contribution in [0.15, 0.2) is 24.3 Å². The molecule has 0 aliphatic heterocycles. The number of aliphatic hydroxyl groups is 1. The van der Waals surface area contributed by atoms with Gasteiger partial charge in [-0.1, -0.05) is 18.6 Å². The molecular formula is C15H22FNO. The Bertz CT molecular complexity index is 365. The van der Waals surface area contributed by atoms with Crippen molar-refractivity contribution in [2.75, 3.05) is 6.61 Å². The lowest BCUT2D eigenvalue weighted by Gasteiger charge is -2.25. The van der Waals surface area contributed by atoms with Gasteiger partial charge in [0, 0.05) is 18.7 Å². The Balaban J connectivity index is 2.00. The molecule has 3 unspecified atom stereocenters. The van der Waals surface area contributed by atoms with E-state index in [0.29, 0.717) is 18.0 Å². The largest absolute Gasteiger partial charge is 0.396 e. The highest BCUT2D eigenvalue weighted by atomic mass is 19.1. The summed E-state index contributed by atoms with van der Waals surface area (Å²) in [5.74, 6) is 0.307. The number of rotatable bonds is 5. The second-order valence-electron chi connectivity index (χ2n) is 5.28. The first-order chi connectivity index (χ1) is 8.70. The van der Waals surface area contributed by atoms with Crippen LogP contribution < -0.4 is 5.32 Å². The van der Waals surface area contributed by atoms with Crippen molar-refractivity contribution >= 4 is 0 Å². The van der Waals surface area contributed by atoms with Gasteiger partial charge in [-0.15, -0.1) is 0 Å². The Hall–Kier alpha value is -0.930. The van der Waals surface area contributed by atoms with Crippen molar-refractivity contribution in [3.63, 3.8) is 0 Å². The lowest BCUT2D eigenvalue weighted by atomic mass is 9.93. The zero-order valence-corrected chi connectivity index (χ0v) is 10.9. The second-order valence-corrected chi connectivity index (χ2v) is 5.28. The molecule has 2 N–H and O–H groups in total. The van der Waals surface area contributed by atoms with Crippen LogP contribution in [0.1, 0.15) is 44.1 Å². The minimum Gasteiger partial charge on any atom is -0.396 e. The predicted molar refractivity (Wildman–Crippen MR) is 71.1 cm³/mol. The van der Waals surface area contributed by atoms with Gasteiger partial charge in [0.2, 0.25) is 0 Å².